The summed E-state index contributed by atoms with van der Waals surface area (Å²) in [5, 5.41) is 6.95. The molecule has 7 heteroatoms. The van der Waals surface area contributed by atoms with Crippen molar-refractivity contribution in [1.82, 2.24) is 5.43 Å². The number of hydrogen-bond donors (Lipinski definition) is 2. The molecule has 24 heavy (non-hydrogen) atoms. The Morgan fingerprint density at radius 3 is 2.67 bits per heavy atom. The Morgan fingerprint density at radius 1 is 1.17 bits per heavy atom. The van der Waals surface area contributed by atoms with Crippen LogP contribution in [0.15, 0.2) is 52.0 Å². The Kier molecular flexibility index (Phi) is 6.62. The van der Waals surface area contributed by atoms with Crippen molar-refractivity contribution in [2.24, 2.45) is 5.10 Å². The first-order valence-electron chi connectivity index (χ1n) is 7.16. The van der Waals surface area contributed by atoms with Crippen molar-refractivity contribution in [3.63, 3.8) is 0 Å². The summed E-state index contributed by atoms with van der Waals surface area (Å²) in [7, 11) is 3.16. The third kappa shape index (κ3) is 4.99. The van der Waals surface area contributed by atoms with E-state index in [9.17, 15) is 4.79 Å². The van der Waals surface area contributed by atoms with Crippen molar-refractivity contribution in [3.05, 3.63) is 52.5 Å². The molecule has 2 aromatic carbocycles. The van der Waals surface area contributed by atoms with E-state index >= 15 is 0 Å². The molecular formula is C17H18BrN3O3. The molecule has 0 spiro atoms. The third-order valence-electron chi connectivity index (χ3n) is 3.13. The summed E-state index contributed by atoms with van der Waals surface area (Å²) in [6.45, 7) is 0.0767. The summed E-state index contributed by atoms with van der Waals surface area (Å²) in [6, 6.07) is 12.9. The topological polar surface area (TPSA) is 72.0 Å². The molecule has 0 aliphatic rings. The van der Waals surface area contributed by atoms with E-state index in [1.54, 1.807) is 14.2 Å². The molecule has 0 atom stereocenters. The number of nitrogens with zero attached hydrogens (tertiary/aromatic N) is 1. The second kappa shape index (κ2) is 8.93. The van der Waals surface area contributed by atoms with Gasteiger partial charge in [0.2, 0.25) is 0 Å². The van der Waals surface area contributed by atoms with Crippen LogP contribution in [-0.2, 0) is 4.79 Å². The molecule has 0 saturated carbocycles. The molecule has 126 valence electrons. The lowest BCUT2D eigenvalue weighted by atomic mass is 10.2. The Hall–Kier alpha value is -2.54. The molecule has 0 aliphatic carbocycles. The smallest absolute Gasteiger partial charge is 0.259 e. The molecule has 0 unspecified atom stereocenters. The third-order valence-corrected chi connectivity index (χ3v) is 3.62. The highest BCUT2D eigenvalue weighted by Gasteiger charge is 2.04. The molecule has 6 nitrogen and oxygen atoms in total. The van der Waals surface area contributed by atoms with Gasteiger partial charge in [-0.3, -0.25) is 4.79 Å². The van der Waals surface area contributed by atoms with Crippen LogP contribution in [0.5, 0.6) is 11.5 Å². The number of hydrogen-bond acceptors (Lipinski definition) is 5. The highest BCUT2D eigenvalue weighted by molar-refractivity contribution is 9.10. The van der Waals surface area contributed by atoms with Crippen LogP contribution >= 0.6 is 15.9 Å². The van der Waals surface area contributed by atoms with Crippen LogP contribution in [-0.4, -0.2) is 32.9 Å². The number of hydrazone groups is 1. The zero-order valence-electron chi connectivity index (χ0n) is 13.4. The van der Waals surface area contributed by atoms with Crippen molar-refractivity contribution in [2.45, 2.75) is 0 Å². The van der Waals surface area contributed by atoms with Gasteiger partial charge in [-0.15, -0.1) is 0 Å². The van der Waals surface area contributed by atoms with Gasteiger partial charge in [0, 0.05) is 10.0 Å². The second-order valence-electron chi connectivity index (χ2n) is 4.73. The standard InChI is InChI=1S/C17H18BrN3O3/c1-23-15-8-7-13(18)9-12(15)10-20-21-17(22)11-19-14-5-3-4-6-16(14)24-2/h3-10,19H,11H2,1-2H3,(H,21,22)/b20-10-. The number of rotatable bonds is 7. The Morgan fingerprint density at radius 2 is 1.92 bits per heavy atom. The van der Waals surface area contributed by atoms with Crippen LogP contribution < -0.4 is 20.2 Å². The first-order valence-corrected chi connectivity index (χ1v) is 7.95. The number of benzene rings is 2. The second-order valence-corrected chi connectivity index (χ2v) is 5.65. The van der Waals surface area contributed by atoms with Gasteiger partial charge in [-0.1, -0.05) is 28.1 Å². The zero-order valence-corrected chi connectivity index (χ0v) is 15.0. The molecule has 0 aliphatic heterocycles. The van der Waals surface area contributed by atoms with Crippen LogP contribution in [0, 0.1) is 0 Å². The monoisotopic (exact) mass is 391 g/mol. The van der Waals surface area contributed by atoms with E-state index in [1.165, 1.54) is 6.21 Å². The summed E-state index contributed by atoms with van der Waals surface area (Å²) in [6.07, 6.45) is 1.53. The SMILES string of the molecule is COc1ccc(Br)cc1/C=N\NC(=O)CNc1ccccc1OC. The Bertz CT molecular complexity index is 735. The zero-order chi connectivity index (χ0) is 17.4. The highest BCUT2D eigenvalue weighted by atomic mass is 79.9. The number of methoxy groups -OCH3 is 2. The van der Waals surface area contributed by atoms with E-state index < -0.39 is 0 Å². The van der Waals surface area contributed by atoms with Crippen molar-refractivity contribution >= 4 is 33.7 Å². The van der Waals surface area contributed by atoms with Gasteiger partial charge < -0.3 is 14.8 Å². The fourth-order valence-corrected chi connectivity index (χ4v) is 2.36. The lowest BCUT2D eigenvalue weighted by Crippen LogP contribution is -2.26. The maximum Gasteiger partial charge on any atom is 0.259 e. The van der Waals surface area contributed by atoms with Gasteiger partial charge in [-0.2, -0.15) is 5.10 Å². The van der Waals surface area contributed by atoms with Gasteiger partial charge in [-0.05, 0) is 30.3 Å². The van der Waals surface area contributed by atoms with E-state index in [2.05, 4.69) is 31.8 Å². The minimum Gasteiger partial charge on any atom is -0.496 e. The lowest BCUT2D eigenvalue weighted by molar-refractivity contribution is -0.119. The number of amides is 1. The molecule has 0 heterocycles. The van der Waals surface area contributed by atoms with Gasteiger partial charge in [0.05, 0.1) is 32.7 Å². The number of halogens is 1. The lowest BCUT2D eigenvalue weighted by Gasteiger charge is -2.09. The van der Waals surface area contributed by atoms with E-state index in [0.29, 0.717) is 11.5 Å². The van der Waals surface area contributed by atoms with E-state index in [4.69, 9.17) is 9.47 Å². The molecular weight excluding hydrogens is 374 g/mol. The van der Waals surface area contributed by atoms with Gasteiger partial charge in [0.15, 0.2) is 0 Å². The largest absolute Gasteiger partial charge is 0.496 e. The number of anilines is 1. The average molecular weight is 392 g/mol. The van der Waals surface area contributed by atoms with Crippen LogP contribution in [0.3, 0.4) is 0 Å². The molecule has 0 bridgehead atoms. The molecule has 2 N–H and O–H groups in total. The van der Waals surface area contributed by atoms with Gasteiger partial charge in [-0.25, -0.2) is 5.43 Å². The maximum absolute atomic E-state index is 11.9. The minimum atomic E-state index is -0.272. The summed E-state index contributed by atoms with van der Waals surface area (Å²) >= 11 is 3.38. The van der Waals surface area contributed by atoms with Crippen LogP contribution in [0.2, 0.25) is 0 Å². The predicted molar refractivity (Wildman–Crippen MR) is 97.9 cm³/mol. The van der Waals surface area contributed by atoms with Crippen molar-refractivity contribution in [3.8, 4) is 11.5 Å². The van der Waals surface area contributed by atoms with Gasteiger partial charge in [0.1, 0.15) is 11.5 Å². The number of carbonyl (C=O) groups is 1. The molecule has 0 saturated heterocycles. The molecule has 2 rings (SSSR count). The van der Waals surface area contributed by atoms with E-state index in [1.807, 2.05) is 42.5 Å². The first-order chi connectivity index (χ1) is 11.6. The minimum absolute atomic E-state index is 0.0767. The van der Waals surface area contributed by atoms with E-state index in [-0.39, 0.29) is 12.5 Å². The summed E-state index contributed by atoms with van der Waals surface area (Å²) < 4.78 is 11.3. The Labute approximate surface area is 149 Å². The quantitative estimate of drug-likeness (QED) is 0.561. The van der Waals surface area contributed by atoms with Crippen molar-refractivity contribution in [1.29, 1.82) is 0 Å². The maximum atomic E-state index is 11.9. The van der Waals surface area contributed by atoms with Crippen molar-refractivity contribution < 1.29 is 14.3 Å². The van der Waals surface area contributed by atoms with Gasteiger partial charge in [0.25, 0.3) is 5.91 Å². The molecule has 1 amide bonds. The van der Waals surface area contributed by atoms with Crippen molar-refractivity contribution in [2.75, 3.05) is 26.1 Å². The fraction of sp³-hybridized carbons (Fsp3) is 0.176. The molecule has 0 fully saturated rings. The van der Waals surface area contributed by atoms with E-state index in [0.717, 1.165) is 15.7 Å². The fourth-order valence-electron chi connectivity index (χ4n) is 1.99. The van der Waals surface area contributed by atoms with Crippen LogP contribution in [0.4, 0.5) is 5.69 Å². The van der Waals surface area contributed by atoms with Crippen LogP contribution in [0.25, 0.3) is 0 Å². The summed E-state index contributed by atoms with van der Waals surface area (Å²) in [5.41, 5.74) is 3.96. The normalized spacial score (nSPS) is 10.5. The molecule has 0 radical (unpaired) electrons. The first kappa shape index (κ1) is 17.8. The summed E-state index contributed by atoms with van der Waals surface area (Å²) in [4.78, 5) is 11.9. The number of carbonyl (C=O) groups excluding carboxylic acids is 1. The summed E-state index contributed by atoms with van der Waals surface area (Å²) in [5.74, 6) is 1.07. The number of nitrogens with one attached hydrogen (secondary N) is 2. The Balaban J connectivity index is 1.90. The molecule has 0 aromatic heterocycles. The highest BCUT2D eigenvalue weighted by Crippen LogP contribution is 2.22. The number of ether oxygens (including phenoxy) is 2. The predicted octanol–water partition coefficient (Wildman–Crippen LogP) is 3.03. The van der Waals surface area contributed by atoms with Crippen LogP contribution in [0.1, 0.15) is 5.56 Å². The molecule has 2 aromatic rings. The average Bonchev–Trinajstić information content (AvgIpc) is 2.60. The number of para-hydroxylation sites is 2. The van der Waals surface area contributed by atoms with Gasteiger partial charge >= 0.3 is 0 Å².